The monoisotopic (exact) mass is 263 g/mol. The summed E-state index contributed by atoms with van der Waals surface area (Å²) >= 11 is 5.33. The van der Waals surface area contributed by atoms with Crippen molar-refractivity contribution < 1.29 is 8.76 Å². The molecule has 0 aromatic heterocycles. The number of hydrogen-bond acceptors (Lipinski definition) is 2. The Morgan fingerprint density at radius 1 is 1.38 bits per heavy atom. The van der Waals surface area contributed by atoms with E-state index < -0.39 is 10.2 Å². The van der Waals surface area contributed by atoms with Gasteiger partial charge in [0.1, 0.15) is 5.75 Å². The molecule has 0 aromatic rings. The van der Waals surface area contributed by atoms with Gasteiger partial charge in [-0.05, 0) is 31.5 Å². The number of piperidine rings is 1. The fourth-order valence-electron chi connectivity index (χ4n) is 2.28. The lowest BCUT2D eigenvalue weighted by Crippen LogP contribution is -2.47. The average Bonchev–Trinajstić information content (AvgIpc) is 2.59. The molecule has 1 unspecified atom stereocenters. The van der Waals surface area contributed by atoms with Crippen LogP contribution >= 0.6 is 12.2 Å². The van der Waals surface area contributed by atoms with Gasteiger partial charge in [-0.25, -0.2) is 0 Å². The Kier molecular flexibility index (Phi) is 3.81. The van der Waals surface area contributed by atoms with Crippen molar-refractivity contribution in [3.63, 3.8) is 0 Å². The molecule has 16 heavy (non-hydrogen) atoms. The highest BCUT2D eigenvalue weighted by molar-refractivity contribution is 7.98. The van der Waals surface area contributed by atoms with Crippen LogP contribution in [0.5, 0.6) is 0 Å². The molecule has 2 aliphatic rings. The molecule has 2 aliphatic heterocycles. The molecule has 0 amide bonds. The van der Waals surface area contributed by atoms with Crippen LogP contribution in [-0.2, 0) is 14.4 Å². The van der Waals surface area contributed by atoms with Crippen LogP contribution < -0.4 is 5.32 Å². The molecule has 0 saturated carbocycles. The predicted octanol–water partition coefficient (Wildman–Crippen LogP) is 1.09. The van der Waals surface area contributed by atoms with E-state index >= 15 is 0 Å². The number of hydrogen-bond donors (Lipinski definition) is 2. The molecule has 2 atom stereocenters. The summed E-state index contributed by atoms with van der Waals surface area (Å²) in [4.78, 5) is 2.18. The Labute approximate surface area is 103 Å². The van der Waals surface area contributed by atoms with Crippen LogP contribution in [0.4, 0.5) is 0 Å². The zero-order valence-corrected chi connectivity index (χ0v) is 11.0. The van der Waals surface area contributed by atoms with Crippen molar-refractivity contribution >= 4 is 27.5 Å². The topological polar surface area (TPSA) is 52.6 Å². The average molecular weight is 263 g/mol. The predicted molar refractivity (Wildman–Crippen MR) is 70.0 cm³/mol. The summed E-state index contributed by atoms with van der Waals surface area (Å²) in [7, 11) is -2.56. The third kappa shape index (κ3) is 3.15. The van der Waals surface area contributed by atoms with Crippen LogP contribution in [0.1, 0.15) is 25.7 Å². The highest BCUT2D eigenvalue weighted by atomic mass is 32.3. The second-order valence-electron chi connectivity index (χ2n) is 4.63. The van der Waals surface area contributed by atoms with E-state index in [2.05, 4.69) is 10.2 Å². The fraction of sp³-hybridized carbons (Fsp3) is 0.900. The van der Waals surface area contributed by atoms with Gasteiger partial charge in [-0.1, -0.05) is 4.21 Å². The van der Waals surface area contributed by atoms with E-state index in [0.29, 0.717) is 11.5 Å². The number of rotatable bonds is 1. The summed E-state index contributed by atoms with van der Waals surface area (Å²) in [5, 5.41) is 3.99. The number of likely N-dealkylation sites (tertiary alicyclic amines) is 1. The zero-order valence-electron chi connectivity index (χ0n) is 9.35. The molecular formula is C10H19N2O2S2+. The van der Waals surface area contributed by atoms with E-state index in [-0.39, 0.29) is 6.04 Å². The van der Waals surface area contributed by atoms with E-state index in [0.717, 1.165) is 24.6 Å². The van der Waals surface area contributed by atoms with Gasteiger partial charge in [-0.2, -0.15) is 4.55 Å². The molecule has 92 valence electrons. The van der Waals surface area contributed by atoms with Crippen LogP contribution in [0.2, 0.25) is 0 Å². The van der Waals surface area contributed by atoms with Gasteiger partial charge < -0.3 is 10.2 Å². The Balaban J connectivity index is 1.81. The van der Waals surface area contributed by atoms with E-state index in [1.54, 1.807) is 0 Å². The lowest BCUT2D eigenvalue weighted by Gasteiger charge is -2.30. The number of nitrogens with one attached hydrogen (secondary N) is 1. The first-order valence-corrected chi connectivity index (χ1v) is 8.10. The van der Waals surface area contributed by atoms with Crippen molar-refractivity contribution in [3.05, 3.63) is 0 Å². The molecule has 2 heterocycles. The molecule has 2 rings (SSSR count). The maximum atomic E-state index is 11.4. The van der Waals surface area contributed by atoms with Crippen LogP contribution in [0.25, 0.3) is 0 Å². The first-order chi connectivity index (χ1) is 7.57. The van der Waals surface area contributed by atoms with Crippen molar-refractivity contribution in [2.45, 2.75) is 31.7 Å². The molecule has 0 spiro atoms. The summed E-state index contributed by atoms with van der Waals surface area (Å²) in [6, 6.07) is 0.0897. The molecule has 2 N–H and O–H groups in total. The van der Waals surface area contributed by atoms with Gasteiger partial charge in [-0.15, -0.1) is 0 Å². The van der Waals surface area contributed by atoms with E-state index in [1.807, 2.05) is 0 Å². The minimum absolute atomic E-state index is 0.0897. The zero-order chi connectivity index (χ0) is 11.6. The lowest BCUT2D eigenvalue weighted by atomic mass is 10.1. The summed E-state index contributed by atoms with van der Waals surface area (Å²) < 4.78 is 20.8. The summed E-state index contributed by atoms with van der Waals surface area (Å²) in [6.45, 7) is 2.04. The van der Waals surface area contributed by atoms with Gasteiger partial charge in [0.15, 0.2) is 10.9 Å². The third-order valence-corrected chi connectivity index (χ3v) is 5.39. The van der Waals surface area contributed by atoms with Crippen molar-refractivity contribution in [1.29, 1.82) is 0 Å². The molecule has 4 nitrogen and oxygen atoms in total. The molecule has 0 bridgehead atoms. The summed E-state index contributed by atoms with van der Waals surface area (Å²) in [6.07, 6.45) is 4.43. The van der Waals surface area contributed by atoms with Gasteiger partial charge in [0.25, 0.3) is 0 Å². The third-order valence-electron chi connectivity index (χ3n) is 3.22. The maximum Gasteiger partial charge on any atom is 0.216 e. The molecule has 0 aliphatic carbocycles. The van der Waals surface area contributed by atoms with Crippen molar-refractivity contribution in [2.24, 2.45) is 0 Å². The largest absolute Gasteiger partial charge is 0.355 e. The Morgan fingerprint density at radius 3 is 2.62 bits per heavy atom. The lowest BCUT2D eigenvalue weighted by molar-refractivity contribution is 0.335. The fourth-order valence-corrected chi connectivity index (χ4v) is 4.33. The van der Waals surface area contributed by atoms with Crippen LogP contribution in [0.3, 0.4) is 0 Å². The summed E-state index contributed by atoms with van der Waals surface area (Å²) in [5.74, 6) is 0.758. The van der Waals surface area contributed by atoms with Gasteiger partial charge in [-0.3, -0.25) is 0 Å². The van der Waals surface area contributed by atoms with Crippen LogP contribution in [0, 0.1) is 0 Å². The standard InChI is InChI=1S/C10H18N2O2S2/c13-16(14)7-4-9(8-16)11-10(15)12-5-2-1-3-6-12/h9H,1-8H2,(H-,11,13,14,15)/p+1/t9-/m1/s1. The SMILES string of the molecule is O=[S+]1(O)CC[C@@H](NC(=S)N2CCCCC2)C1. The second-order valence-corrected chi connectivity index (χ2v) is 7.30. The molecule has 6 heteroatoms. The molecule has 0 aromatic carbocycles. The minimum Gasteiger partial charge on any atom is -0.355 e. The summed E-state index contributed by atoms with van der Waals surface area (Å²) in [5.41, 5.74) is 0. The van der Waals surface area contributed by atoms with Gasteiger partial charge >= 0.3 is 0 Å². The Hall–Kier alpha value is -0.200. The van der Waals surface area contributed by atoms with E-state index in [1.165, 1.54) is 19.3 Å². The van der Waals surface area contributed by atoms with Crippen LogP contribution in [-0.4, -0.2) is 45.2 Å². The van der Waals surface area contributed by atoms with E-state index in [9.17, 15) is 8.76 Å². The Morgan fingerprint density at radius 2 is 2.06 bits per heavy atom. The first-order valence-electron chi connectivity index (χ1n) is 5.84. The highest BCUT2D eigenvalue weighted by Gasteiger charge is 2.39. The normalized spacial score (nSPS) is 35.1. The van der Waals surface area contributed by atoms with Gasteiger partial charge in [0.2, 0.25) is 10.2 Å². The first kappa shape index (κ1) is 12.3. The molecular weight excluding hydrogens is 244 g/mol. The maximum absolute atomic E-state index is 11.4. The van der Waals surface area contributed by atoms with Gasteiger partial charge in [0, 0.05) is 19.5 Å². The van der Waals surface area contributed by atoms with Gasteiger partial charge in [0.05, 0.1) is 6.04 Å². The van der Waals surface area contributed by atoms with Crippen LogP contribution in [0.15, 0.2) is 0 Å². The highest BCUT2D eigenvalue weighted by Crippen LogP contribution is 2.17. The smallest absolute Gasteiger partial charge is 0.216 e. The van der Waals surface area contributed by atoms with Crippen molar-refractivity contribution in [1.82, 2.24) is 10.2 Å². The van der Waals surface area contributed by atoms with E-state index in [4.69, 9.17) is 12.2 Å². The molecule has 2 saturated heterocycles. The minimum atomic E-state index is -2.56. The van der Waals surface area contributed by atoms with Crippen molar-refractivity contribution in [2.75, 3.05) is 24.6 Å². The van der Waals surface area contributed by atoms with Crippen molar-refractivity contribution in [3.8, 4) is 0 Å². The molecule has 2 fully saturated rings. The Bertz CT molecular complexity index is 316. The number of nitrogens with zero attached hydrogens (tertiary/aromatic N) is 1. The number of thiocarbonyl (C=S) groups is 1. The second kappa shape index (κ2) is 4.98. The molecule has 0 radical (unpaired) electrons. The quantitative estimate of drug-likeness (QED) is 0.548.